The molecule has 0 aliphatic carbocycles. The van der Waals surface area contributed by atoms with E-state index in [0.29, 0.717) is 0 Å². The van der Waals surface area contributed by atoms with E-state index in [1.54, 1.807) is 0 Å². The molecule has 0 saturated heterocycles. The molecule has 3 heteroatoms. The molecule has 11 aromatic rings. The summed E-state index contributed by atoms with van der Waals surface area (Å²) in [6, 6.07) is 72.2. The number of thiophene rings is 1. The molecule has 2 aromatic heterocycles. The molecule has 0 bridgehead atoms. The molecule has 9 aromatic carbocycles. The molecule has 11 rings (SSSR count). The number of anilines is 3. The third-order valence-electron chi connectivity index (χ3n) is 10.9. The van der Waals surface area contributed by atoms with Gasteiger partial charge in [-0.05, 0) is 92.7 Å². The average molecular weight is 720 g/mol. The van der Waals surface area contributed by atoms with Gasteiger partial charge >= 0.3 is 0 Å². The maximum absolute atomic E-state index is 6.18. The number of rotatable bonds is 6. The second-order valence-electron chi connectivity index (χ2n) is 14.1. The van der Waals surface area contributed by atoms with Gasteiger partial charge < -0.3 is 9.32 Å². The van der Waals surface area contributed by atoms with Gasteiger partial charge in [-0.2, -0.15) is 0 Å². The first-order valence-electron chi connectivity index (χ1n) is 18.7. The van der Waals surface area contributed by atoms with Crippen LogP contribution in [-0.4, -0.2) is 0 Å². The Morgan fingerprint density at radius 1 is 0.345 bits per heavy atom. The number of nitrogens with zero attached hydrogens (tertiary/aromatic N) is 1. The summed E-state index contributed by atoms with van der Waals surface area (Å²) < 4.78 is 8.74. The van der Waals surface area contributed by atoms with Gasteiger partial charge in [-0.1, -0.05) is 152 Å². The Labute approximate surface area is 322 Å². The van der Waals surface area contributed by atoms with Crippen LogP contribution in [0.4, 0.5) is 17.1 Å². The lowest BCUT2D eigenvalue weighted by molar-refractivity contribution is 0.669. The Kier molecular flexibility index (Phi) is 7.39. The third kappa shape index (κ3) is 5.32. The standard InChI is InChI=1S/C52H33NOS/c1-2-12-35(13-3-1)43-21-10-22-45-46-23-11-24-48(52(46)55-51(43)45)53(39-29-26-36(27-30-39)42-20-9-15-34-14-4-5-18-41(34)42)40-17-8-16-37(32-40)38-28-31-50-47(33-38)44-19-6-7-25-49(44)54-50/h1-33H. The molecule has 0 aliphatic heterocycles. The van der Waals surface area contributed by atoms with Crippen LogP contribution in [0, 0.1) is 0 Å². The number of fused-ring (bicyclic) bond motifs is 7. The highest BCUT2D eigenvalue weighted by Gasteiger charge is 2.20. The molecule has 0 spiro atoms. The molecule has 2 heterocycles. The second kappa shape index (κ2) is 12.9. The van der Waals surface area contributed by atoms with Gasteiger partial charge in [0.15, 0.2) is 0 Å². The molecule has 0 atom stereocenters. The van der Waals surface area contributed by atoms with Crippen molar-refractivity contribution in [1.82, 2.24) is 0 Å². The summed E-state index contributed by atoms with van der Waals surface area (Å²) in [6.07, 6.45) is 0. The number of benzene rings is 9. The Hall–Kier alpha value is -6.94. The van der Waals surface area contributed by atoms with E-state index in [1.807, 2.05) is 23.5 Å². The van der Waals surface area contributed by atoms with Crippen molar-refractivity contribution < 1.29 is 4.42 Å². The van der Waals surface area contributed by atoms with Crippen LogP contribution in [0.25, 0.3) is 86.3 Å². The maximum Gasteiger partial charge on any atom is 0.135 e. The normalized spacial score (nSPS) is 11.6. The zero-order chi connectivity index (χ0) is 36.3. The summed E-state index contributed by atoms with van der Waals surface area (Å²) >= 11 is 1.88. The first-order valence-corrected chi connectivity index (χ1v) is 19.5. The van der Waals surface area contributed by atoms with Crippen molar-refractivity contribution in [3.8, 4) is 33.4 Å². The number of furan rings is 1. The molecular weight excluding hydrogens is 687 g/mol. The van der Waals surface area contributed by atoms with Crippen molar-refractivity contribution in [1.29, 1.82) is 0 Å². The highest BCUT2D eigenvalue weighted by Crippen LogP contribution is 2.48. The summed E-state index contributed by atoms with van der Waals surface area (Å²) in [7, 11) is 0. The molecule has 55 heavy (non-hydrogen) atoms. The molecular formula is C52H33NOS. The molecule has 0 saturated carbocycles. The van der Waals surface area contributed by atoms with Crippen molar-refractivity contribution in [2.45, 2.75) is 0 Å². The van der Waals surface area contributed by atoms with E-state index in [-0.39, 0.29) is 0 Å². The van der Waals surface area contributed by atoms with Gasteiger partial charge in [0.2, 0.25) is 0 Å². The van der Waals surface area contributed by atoms with Gasteiger partial charge in [0.05, 0.1) is 10.4 Å². The maximum atomic E-state index is 6.18. The summed E-state index contributed by atoms with van der Waals surface area (Å²) in [4.78, 5) is 2.43. The van der Waals surface area contributed by atoms with Crippen molar-refractivity contribution >= 4 is 81.3 Å². The van der Waals surface area contributed by atoms with E-state index in [1.165, 1.54) is 53.2 Å². The molecule has 0 amide bonds. The van der Waals surface area contributed by atoms with E-state index < -0.39 is 0 Å². The summed E-state index contributed by atoms with van der Waals surface area (Å²) in [5, 5.41) is 7.31. The zero-order valence-electron chi connectivity index (χ0n) is 29.8. The monoisotopic (exact) mass is 719 g/mol. The number of hydrogen-bond donors (Lipinski definition) is 0. The van der Waals surface area contributed by atoms with Crippen molar-refractivity contribution in [3.63, 3.8) is 0 Å². The number of para-hydroxylation sites is 1. The van der Waals surface area contributed by atoms with Gasteiger partial charge in [0.1, 0.15) is 11.2 Å². The first-order chi connectivity index (χ1) is 27.3. The lowest BCUT2D eigenvalue weighted by atomic mass is 9.98. The largest absolute Gasteiger partial charge is 0.456 e. The minimum absolute atomic E-state index is 0.903. The van der Waals surface area contributed by atoms with Crippen LogP contribution in [0.1, 0.15) is 0 Å². The van der Waals surface area contributed by atoms with E-state index >= 15 is 0 Å². The van der Waals surface area contributed by atoms with Gasteiger partial charge in [0, 0.05) is 37.6 Å². The average Bonchev–Trinajstić information content (AvgIpc) is 3.83. The highest BCUT2D eigenvalue weighted by atomic mass is 32.1. The molecule has 0 fully saturated rings. The molecule has 2 nitrogen and oxygen atoms in total. The van der Waals surface area contributed by atoms with Crippen molar-refractivity contribution in [3.05, 3.63) is 200 Å². The minimum atomic E-state index is 0.903. The van der Waals surface area contributed by atoms with Crippen LogP contribution in [0.5, 0.6) is 0 Å². The van der Waals surface area contributed by atoms with Crippen LogP contribution in [0.2, 0.25) is 0 Å². The zero-order valence-corrected chi connectivity index (χ0v) is 30.6. The molecule has 0 N–H and O–H groups in total. The molecule has 0 radical (unpaired) electrons. The topological polar surface area (TPSA) is 16.4 Å². The van der Waals surface area contributed by atoms with Gasteiger partial charge in [0.25, 0.3) is 0 Å². The molecule has 0 aliphatic rings. The smallest absolute Gasteiger partial charge is 0.135 e. The number of hydrogen-bond acceptors (Lipinski definition) is 3. The summed E-state index contributed by atoms with van der Waals surface area (Å²) in [6.45, 7) is 0. The third-order valence-corrected chi connectivity index (χ3v) is 12.1. The van der Waals surface area contributed by atoms with Gasteiger partial charge in [-0.25, -0.2) is 0 Å². The van der Waals surface area contributed by atoms with Crippen LogP contribution in [-0.2, 0) is 0 Å². The SMILES string of the molecule is c1ccc(-c2cccc3c2sc2c(N(c4ccc(-c5cccc6ccccc56)cc4)c4cccc(-c5ccc6oc7ccccc7c6c5)c4)cccc23)cc1. The second-order valence-corrected chi connectivity index (χ2v) is 15.1. The Morgan fingerprint density at radius 2 is 0.945 bits per heavy atom. The summed E-state index contributed by atoms with van der Waals surface area (Å²) in [5.41, 5.74) is 12.4. The Bertz CT molecular complexity index is 3200. The fourth-order valence-corrected chi connectivity index (χ4v) is 9.59. The van der Waals surface area contributed by atoms with E-state index in [4.69, 9.17) is 4.42 Å². The predicted molar refractivity (Wildman–Crippen MR) is 235 cm³/mol. The quantitative estimate of drug-likeness (QED) is 0.170. The van der Waals surface area contributed by atoms with Crippen LogP contribution in [0.15, 0.2) is 205 Å². The summed E-state index contributed by atoms with van der Waals surface area (Å²) in [5.74, 6) is 0. The lowest BCUT2D eigenvalue weighted by Crippen LogP contribution is -2.10. The fourth-order valence-electron chi connectivity index (χ4n) is 8.25. The van der Waals surface area contributed by atoms with Gasteiger partial charge in [-0.3, -0.25) is 0 Å². The molecule has 258 valence electrons. The van der Waals surface area contributed by atoms with Crippen molar-refractivity contribution in [2.75, 3.05) is 4.90 Å². The van der Waals surface area contributed by atoms with Crippen molar-refractivity contribution in [2.24, 2.45) is 0 Å². The Balaban J connectivity index is 1.10. The van der Waals surface area contributed by atoms with Crippen LogP contribution >= 0.6 is 11.3 Å². The van der Waals surface area contributed by atoms with Gasteiger partial charge in [-0.15, -0.1) is 11.3 Å². The van der Waals surface area contributed by atoms with E-state index in [0.717, 1.165) is 50.1 Å². The lowest BCUT2D eigenvalue weighted by Gasteiger charge is -2.27. The first kappa shape index (κ1) is 31.6. The van der Waals surface area contributed by atoms with E-state index in [9.17, 15) is 0 Å². The van der Waals surface area contributed by atoms with Crippen LogP contribution < -0.4 is 4.90 Å². The Morgan fingerprint density at radius 3 is 1.84 bits per heavy atom. The molecule has 0 unspecified atom stereocenters. The van der Waals surface area contributed by atoms with E-state index in [2.05, 4.69) is 193 Å². The minimum Gasteiger partial charge on any atom is -0.456 e. The predicted octanol–water partition coefficient (Wildman–Crippen LogP) is 15.6. The van der Waals surface area contributed by atoms with Crippen LogP contribution in [0.3, 0.4) is 0 Å². The highest BCUT2D eigenvalue weighted by molar-refractivity contribution is 7.27. The fraction of sp³-hybridized carbons (Fsp3) is 0.